The quantitative estimate of drug-likeness (QED) is 0.0195. The minimum atomic E-state index is -1.57. The van der Waals surface area contributed by atoms with E-state index in [4.69, 9.17) is 14.2 Å². The van der Waals surface area contributed by atoms with Crippen LogP contribution >= 0.6 is 0 Å². The summed E-state index contributed by atoms with van der Waals surface area (Å²) in [6.07, 6.45) is 73.1. The van der Waals surface area contributed by atoms with Crippen LogP contribution in [0.4, 0.5) is 0 Å². The summed E-state index contributed by atoms with van der Waals surface area (Å²) in [5.41, 5.74) is 0. The maximum absolute atomic E-state index is 13.0. The second-order valence-electron chi connectivity index (χ2n) is 26.0. The third kappa shape index (κ3) is 52.6. The Balaban J connectivity index is 1.91. The molecule has 7 atom stereocenters. The number of aliphatic hydroxyl groups is 5. The first kappa shape index (κ1) is 81.9. The van der Waals surface area contributed by atoms with Gasteiger partial charge in [-0.3, -0.25) is 9.59 Å². The lowest BCUT2D eigenvalue weighted by Gasteiger charge is -2.40. The lowest BCUT2D eigenvalue weighted by Crippen LogP contribution is -2.60. The SMILES string of the molecule is CCCCCCC/C=C/CC/C=C/C(O)C(COC1OC(CO)C(O)C(O)C1O)NC(=O)CCCCCCCCCCCCCCCCCCC/C=C\CCCCCCCCCCCCCCCCOC(=O)CCCCCCCCCCCCCC. The summed E-state index contributed by atoms with van der Waals surface area (Å²) in [4.78, 5) is 25.1. The minimum Gasteiger partial charge on any atom is -0.466 e. The molecular formula is C75H141NO10. The standard InChI is InChI=1S/C75H141NO10/c1-3-5-7-9-11-13-15-43-47-51-55-59-63-71(80)84-64-60-56-52-48-44-40-38-36-34-32-30-28-26-24-22-20-18-16-17-19-21-23-25-27-29-31-33-35-37-39-42-46-50-54-58-62-70(79)76-67(66-85-75-74(83)73(82)72(81)69(65-77)86-75)68(78)61-57-53-49-45-41-14-12-10-8-6-4-2/h18,20,41,45,57,61,67-69,72-75,77-78,81-83H,3-17,19,21-40,42-44,46-56,58-60,62-66H2,1-2H3,(H,76,79)/b20-18-,45-41+,61-57+. The number of ether oxygens (including phenoxy) is 3. The van der Waals surface area contributed by atoms with Crippen LogP contribution in [0.5, 0.6) is 0 Å². The highest BCUT2D eigenvalue weighted by Crippen LogP contribution is 2.23. The number of carbonyl (C=O) groups excluding carboxylic acids is 2. The number of unbranched alkanes of at least 4 members (excludes halogenated alkanes) is 48. The van der Waals surface area contributed by atoms with E-state index in [9.17, 15) is 35.1 Å². The topological polar surface area (TPSA) is 175 Å². The molecular weight excluding hydrogens is 1070 g/mol. The third-order valence-corrected chi connectivity index (χ3v) is 17.7. The molecule has 0 bridgehead atoms. The Kier molecular flexibility index (Phi) is 61.3. The van der Waals surface area contributed by atoms with Crippen molar-refractivity contribution in [3.63, 3.8) is 0 Å². The van der Waals surface area contributed by atoms with E-state index in [1.54, 1.807) is 6.08 Å². The summed E-state index contributed by atoms with van der Waals surface area (Å²) < 4.78 is 16.7. The molecule has 86 heavy (non-hydrogen) atoms. The van der Waals surface area contributed by atoms with Crippen molar-refractivity contribution in [2.75, 3.05) is 19.8 Å². The predicted octanol–water partition coefficient (Wildman–Crippen LogP) is 19.4. The molecule has 506 valence electrons. The van der Waals surface area contributed by atoms with Gasteiger partial charge in [0, 0.05) is 12.8 Å². The summed E-state index contributed by atoms with van der Waals surface area (Å²) in [6, 6.07) is -0.824. The summed E-state index contributed by atoms with van der Waals surface area (Å²) in [7, 11) is 0. The molecule has 0 radical (unpaired) electrons. The summed E-state index contributed by atoms with van der Waals surface area (Å²) in [5, 5.41) is 54.4. The molecule has 7 unspecified atom stereocenters. The number of nitrogens with one attached hydrogen (secondary N) is 1. The lowest BCUT2D eigenvalue weighted by molar-refractivity contribution is -0.302. The van der Waals surface area contributed by atoms with Crippen LogP contribution in [-0.4, -0.2) is 100 Å². The van der Waals surface area contributed by atoms with Gasteiger partial charge in [0.1, 0.15) is 24.4 Å². The molecule has 0 aliphatic carbocycles. The number of esters is 1. The molecule has 0 aromatic rings. The highest BCUT2D eigenvalue weighted by Gasteiger charge is 2.44. The van der Waals surface area contributed by atoms with E-state index in [-0.39, 0.29) is 18.5 Å². The van der Waals surface area contributed by atoms with Gasteiger partial charge in [-0.2, -0.15) is 0 Å². The third-order valence-electron chi connectivity index (χ3n) is 17.7. The molecule has 0 spiro atoms. The van der Waals surface area contributed by atoms with Gasteiger partial charge in [0.25, 0.3) is 0 Å². The normalized spacial score (nSPS) is 18.1. The molecule has 1 saturated heterocycles. The van der Waals surface area contributed by atoms with Crippen molar-refractivity contribution in [3.8, 4) is 0 Å². The van der Waals surface area contributed by atoms with E-state index in [0.717, 1.165) is 51.4 Å². The van der Waals surface area contributed by atoms with Crippen LogP contribution < -0.4 is 5.32 Å². The minimum absolute atomic E-state index is 0.0144. The van der Waals surface area contributed by atoms with E-state index >= 15 is 0 Å². The van der Waals surface area contributed by atoms with Crippen molar-refractivity contribution in [1.82, 2.24) is 5.32 Å². The average molecular weight is 1220 g/mol. The van der Waals surface area contributed by atoms with Crippen molar-refractivity contribution in [3.05, 3.63) is 36.5 Å². The van der Waals surface area contributed by atoms with Crippen molar-refractivity contribution in [2.24, 2.45) is 0 Å². The Morgan fingerprint density at radius 1 is 0.419 bits per heavy atom. The van der Waals surface area contributed by atoms with Crippen LogP contribution in [0.25, 0.3) is 0 Å². The van der Waals surface area contributed by atoms with Crippen LogP contribution in [-0.2, 0) is 23.8 Å². The number of hydrogen-bond acceptors (Lipinski definition) is 10. The van der Waals surface area contributed by atoms with Gasteiger partial charge in [-0.1, -0.05) is 320 Å². The van der Waals surface area contributed by atoms with Gasteiger partial charge in [-0.25, -0.2) is 0 Å². The molecule has 1 amide bonds. The molecule has 0 saturated carbocycles. The van der Waals surface area contributed by atoms with Crippen molar-refractivity contribution in [2.45, 2.75) is 410 Å². The second kappa shape index (κ2) is 64.4. The number of hydrogen-bond donors (Lipinski definition) is 6. The van der Waals surface area contributed by atoms with Gasteiger partial charge >= 0.3 is 5.97 Å². The largest absolute Gasteiger partial charge is 0.466 e. The van der Waals surface area contributed by atoms with Gasteiger partial charge in [-0.05, 0) is 70.6 Å². The number of rotatable bonds is 66. The first-order valence-corrected chi connectivity index (χ1v) is 37.3. The van der Waals surface area contributed by atoms with Gasteiger partial charge in [0.2, 0.25) is 5.91 Å². The summed E-state index contributed by atoms with van der Waals surface area (Å²) >= 11 is 0. The number of allylic oxidation sites excluding steroid dienone is 5. The molecule has 1 rings (SSSR count). The smallest absolute Gasteiger partial charge is 0.305 e. The highest BCUT2D eigenvalue weighted by atomic mass is 16.7. The molecule has 0 aromatic carbocycles. The monoisotopic (exact) mass is 1220 g/mol. The van der Waals surface area contributed by atoms with Crippen LogP contribution in [0.15, 0.2) is 36.5 Å². The Bertz CT molecular complexity index is 1520. The zero-order chi connectivity index (χ0) is 62.3. The Morgan fingerprint density at radius 2 is 0.756 bits per heavy atom. The van der Waals surface area contributed by atoms with Crippen LogP contribution in [0.3, 0.4) is 0 Å². The molecule has 6 N–H and O–H groups in total. The summed E-state index contributed by atoms with van der Waals surface area (Å²) in [6.45, 7) is 4.34. The number of amides is 1. The van der Waals surface area contributed by atoms with E-state index in [2.05, 4.69) is 43.5 Å². The first-order valence-electron chi connectivity index (χ1n) is 37.3. The Morgan fingerprint density at radius 3 is 1.15 bits per heavy atom. The molecule has 0 aromatic heterocycles. The summed E-state index contributed by atoms with van der Waals surface area (Å²) in [5.74, 6) is -0.174. The van der Waals surface area contributed by atoms with Crippen molar-refractivity contribution < 1.29 is 49.3 Å². The fourth-order valence-electron chi connectivity index (χ4n) is 11.9. The maximum atomic E-state index is 13.0. The number of aliphatic hydroxyl groups excluding tert-OH is 5. The highest BCUT2D eigenvalue weighted by molar-refractivity contribution is 5.76. The molecule has 11 nitrogen and oxygen atoms in total. The van der Waals surface area contributed by atoms with E-state index in [0.29, 0.717) is 19.4 Å². The lowest BCUT2D eigenvalue weighted by atomic mass is 9.99. The van der Waals surface area contributed by atoms with E-state index in [1.807, 2.05) is 6.08 Å². The Labute approximate surface area is 530 Å². The van der Waals surface area contributed by atoms with Crippen molar-refractivity contribution in [1.29, 1.82) is 0 Å². The molecule has 1 aliphatic heterocycles. The fraction of sp³-hybridized carbons (Fsp3) is 0.893. The molecule has 1 heterocycles. The zero-order valence-corrected chi connectivity index (χ0v) is 56.3. The average Bonchev–Trinajstić information content (AvgIpc) is 3.71. The van der Waals surface area contributed by atoms with E-state index < -0.39 is 49.5 Å². The molecule has 1 aliphatic rings. The molecule has 11 heteroatoms. The second-order valence-corrected chi connectivity index (χ2v) is 26.0. The predicted molar refractivity (Wildman–Crippen MR) is 361 cm³/mol. The maximum Gasteiger partial charge on any atom is 0.305 e. The van der Waals surface area contributed by atoms with Crippen LogP contribution in [0.1, 0.15) is 367 Å². The van der Waals surface area contributed by atoms with E-state index in [1.165, 1.54) is 289 Å². The van der Waals surface area contributed by atoms with Gasteiger partial charge < -0.3 is 45.1 Å². The fourth-order valence-corrected chi connectivity index (χ4v) is 11.9. The van der Waals surface area contributed by atoms with Crippen LogP contribution in [0.2, 0.25) is 0 Å². The zero-order valence-electron chi connectivity index (χ0n) is 56.3. The van der Waals surface area contributed by atoms with Gasteiger partial charge in [0.15, 0.2) is 6.29 Å². The van der Waals surface area contributed by atoms with Gasteiger partial charge in [-0.15, -0.1) is 0 Å². The molecule has 1 fully saturated rings. The van der Waals surface area contributed by atoms with Crippen molar-refractivity contribution >= 4 is 11.9 Å². The van der Waals surface area contributed by atoms with Gasteiger partial charge in [0.05, 0.1) is 32.0 Å². The Hall–Kier alpha value is -2.12. The number of carbonyl (C=O) groups is 2. The first-order chi connectivity index (χ1) is 42.2. The van der Waals surface area contributed by atoms with Crippen LogP contribution in [0, 0.1) is 0 Å².